The van der Waals surface area contributed by atoms with Gasteiger partial charge in [-0.2, -0.15) is 0 Å². The summed E-state index contributed by atoms with van der Waals surface area (Å²) in [4.78, 5) is 24.7. The summed E-state index contributed by atoms with van der Waals surface area (Å²) in [6.45, 7) is 1.06. The van der Waals surface area contributed by atoms with Gasteiger partial charge in [0.05, 0.1) is 11.6 Å². The molecule has 0 radical (unpaired) electrons. The molecule has 0 saturated heterocycles. The van der Waals surface area contributed by atoms with Crippen LogP contribution in [0.5, 0.6) is 11.5 Å². The van der Waals surface area contributed by atoms with Gasteiger partial charge in [-0.05, 0) is 48.4 Å². The molecule has 1 unspecified atom stereocenters. The standard InChI is InChI=1S/C20H20BClF3N3O6/c1-19(18(27)30,28-17(29)10-2-4-12(5-3-10)34-20(23,24)25)9-32-14-6-11(7-26)13-8-33-21(31)15(13)16(14)22/h2-6,31H,7-9,26H2,1H3,(H2,27,30)(H,28,29). The molecule has 0 aliphatic carbocycles. The Kier molecular flexibility index (Phi) is 7.31. The maximum atomic E-state index is 12.6. The molecule has 14 heteroatoms. The molecular weight excluding hydrogens is 481 g/mol. The number of alkyl halides is 3. The van der Waals surface area contributed by atoms with Crippen molar-refractivity contribution in [2.45, 2.75) is 32.0 Å². The van der Waals surface area contributed by atoms with Gasteiger partial charge in [-0.1, -0.05) is 11.6 Å². The van der Waals surface area contributed by atoms with Crippen molar-refractivity contribution >= 4 is 36.0 Å². The molecule has 6 N–H and O–H groups in total. The second kappa shape index (κ2) is 9.70. The highest BCUT2D eigenvalue weighted by Crippen LogP contribution is 2.31. The van der Waals surface area contributed by atoms with Crippen LogP contribution in [0.1, 0.15) is 28.4 Å². The molecule has 2 aromatic rings. The second-order valence-corrected chi connectivity index (χ2v) is 8.00. The van der Waals surface area contributed by atoms with Gasteiger partial charge >= 0.3 is 13.5 Å². The molecule has 2 amide bonds. The van der Waals surface area contributed by atoms with Gasteiger partial charge in [-0.3, -0.25) is 9.59 Å². The molecule has 2 aromatic carbocycles. The number of ether oxygens (including phenoxy) is 2. The molecule has 0 bridgehead atoms. The summed E-state index contributed by atoms with van der Waals surface area (Å²) in [5.41, 5.74) is 11.0. The lowest BCUT2D eigenvalue weighted by Crippen LogP contribution is -2.59. The maximum Gasteiger partial charge on any atom is 0.573 e. The minimum atomic E-state index is -4.88. The topological polar surface area (TPSA) is 146 Å². The van der Waals surface area contributed by atoms with E-state index >= 15 is 0 Å². The molecule has 0 aromatic heterocycles. The average molecular weight is 502 g/mol. The highest BCUT2D eigenvalue weighted by atomic mass is 35.5. The number of nitrogens with one attached hydrogen (secondary N) is 1. The number of hydrogen-bond donors (Lipinski definition) is 4. The Hall–Kier alpha value is -3.00. The quantitative estimate of drug-likeness (QED) is 0.394. The summed E-state index contributed by atoms with van der Waals surface area (Å²) in [7, 11) is -1.28. The van der Waals surface area contributed by atoms with E-state index in [2.05, 4.69) is 10.1 Å². The molecule has 0 spiro atoms. The van der Waals surface area contributed by atoms with Crippen LogP contribution < -0.4 is 31.7 Å². The van der Waals surface area contributed by atoms with Crippen molar-refractivity contribution in [1.29, 1.82) is 0 Å². The fraction of sp³-hybridized carbons (Fsp3) is 0.300. The van der Waals surface area contributed by atoms with Crippen LogP contribution >= 0.6 is 11.6 Å². The third-order valence-corrected chi connectivity index (χ3v) is 5.51. The lowest BCUT2D eigenvalue weighted by atomic mass is 9.78. The van der Waals surface area contributed by atoms with Crippen LogP contribution in [-0.2, 0) is 22.6 Å². The number of rotatable bonds is 8. The van der Waals surface area contributed by atoms with Gasteiger partial charge in [0.2, 0.25) is 5.91 Å². The lowest BCUT2D eigenvalue weighted by Gasteiger charge is -2.28. The van der Waals surface area contributed by atoms with Gasteiger partial charge in [-0.25, -0.2) is 0 Å². The van der Waals surface area contributed by atoms with Crippen LogP contribution in [0.3, 0.4) is 0 Å². The number of carbonyl (C=O) groups is 2. The largest absolute Gasteiger partial charge is 0.573 e. The van der Waals surface area contributed by atoms with Crippen molar-refractivity contribution in [2.75, 3.05) is 6.61 Å². The van der Waals surface area contributed by atoms with E-state index in [9.17, 15) is 27.8 Å². The molecule has 9 nitrogen and oxygen atoms in total. The Labute approximate surface area is 197 Å². The molecule has 3 rings (SSSR count). The highest BCUT2D eigenvalue weighted by Gasteiger charge is 2.37. The van der Waals surface area contributed by atoms with E-state index in [4.69, 9.17) is 32.5 Å². The van der Waals surface area contributed by atoms with Gasteiger partial charge in [0, 0.05) is 17.6 Å². The predicted octanol–water partition coefficient (Wildman–Crippen LogP) is 0.968. The molecule has 34 heavy (non-hydrogen) atoms. The van der Waals surface area contributed by atoms with Gasteiger partial charge in [0.25, 0.3) is 5.91 Å². The van der Waals surface area contributed by atoms with E-state index < -0.39 is 43.2 Å². The minimum absolute atomic E-state index is 0.0515. The van der Waals surface area contributed by atoms with Gasteiger partial charge in [-0.15, -0.1) is 13.2 Å². The van der Waals surface area contributed by atoms with Crippen LogP contribution in [0.25, 0.3) is 0 Å². The number of amides is 2. The first-order valence-electron chi connectivity index (χ1n) is 9.79. The number of nitrogens with two attached hydrogens (primary N) is 2. The van der Waals surface area contributed by atoms with Crippen molar-refractivity contribution in [3.63, 3.8) is 0 Å². The molecule has 1 aliphatic rings. The molecule has 1 aliphatic heterocycles. The lowest BCUT2D eigenvalue weighted by molar-refractivity contribution is -0.274. The highest BCUT2D eigenvalue weighted by molar-refractivity contribution is 6.65. The predicted molar refractivity (Wildman–Crippen MR) is 115 cm³/mol. The van der Waals surface area contributed by atoms with Crippen LogP contribution in [0.15, 0.2) is 30.3 Å². The van der Waals surface area contributed by atoms with Crippen LogP contribution in [0.4, 0.5) is 13.2 Å². The Balaban J connectivity index is 1.77. The van der Waals surface area contributed by atoms with E-state index in [-0.39, 0.29) is 29.5 Å². The Morgan fingerprint density at radius 2 is 1.94 bits per heavy atom. The average Bonchev–Trinajstić information content (AvgIpc) is 3.14. The van der Waals surface area contributed by atoms with Crippen molar-refractivity contribution in [1.82, 2.24) is 5.32 Å². The molecule has 0 fully saturated rings. The monoisotopic (exact) mass is 501 g/mol. The van der Waals surface area contributed by atoms with E-state index in [1.54, 1.807) is 0 Å². The van der Waals surface area contributed by atoms with E-state index in [1.807, 2.05) is 0 Å². The first kappa shape index (κ1) is 25.6. The zero-order valence-corrected chi connectivity index (χ0v) is 18.5. The van der Waals surface area contributed by atoms with Gasteiger partial charge in [0.1, 0.15) is 18.1 Å². The summed E-state index contributed by atoms with van der Waals surface area (Å²) >= 11 is 6.35. The fourth-order valence-corrected chi connectivity index (χ4v) is 3.55. The number of fused-ring (bicyclic) bond motifs is 1. The van der Waals surface area contributed by atoms with Crippen molar-refractivity contribution in [2.24, 2.45) is 11.5 Å². The van der Waals surface area contributed by atoms with Crippen LogP contribution in [-0.4, -0.2) is 42.5 Å². The Morgan fingerprint density at radius 3 is 2.50 bits per heavy atom. The van der Waals surface area contributed by atoms with Gasteiger partial charge in [0.15, 0.2) is 5.54 Å². The number of primary amides is 1. The first-order chi connectivity index (χ1) is 15.8. The van der Waals surface area contributed by atoms with Crippen molar-refractivity contribution in [3.8, 4) is 11.5 Å². The summed E-state index contributed by atoms with van der Waals surface area (Å²) in [5, 5.41) is 12.5. The van der Waals surface area contributed by atoms with E-state index in [0.717, 1.165) is 24.3 Å². The summed E-state index contributed by atoms with van der Waals surface area (Å²) < 4.78 is 51.5. The molecular formula is C20H20BClF3N3O6. The maximum absolute atomic E-state index is 12.6. The number of hydrogen-bond acceptors (Lipinski definition) is 7. The van der Waals surface area contributed by atoms with Crippen LogP contribution in [0.2, 0.25) is 5.02 Å². The zero-order chi connectivity index (χ0) is 25.3. The SMILES string of the molecule is CC(COc1cc(CN)c2c(c1Cl)B(O)OC2)(NC(=O)c1ccc(OC(F)(F)F)cc1)C(N)=O. The van der Waals surface area contributed by atoms with Crippen molar-refractivity contribution in [3.05, 3.63) is 52.0 Å². The summed E-state index contributed by atoms with van der Waals surface area (Å²) in [6, 6.07) is 5.61. The molecule has 0 saturated carbocycles. The first-order valence-corrected chi connectivity index (χ1v) is 10.2. The zero-order valence-electron chi connectivity index (χ0n) is 17.7. The second-order valence-electron chi connectivity index (χ2n) is 7.62. The number of carbonyl (C=O) groups excluding carboxylic acids is 2. The third kappa shape index (κ3) is 5.55. The van der Waals surface area contributed by atoms with E-state index in [0.29, 0.717) is 16.6 Å². The number of halogens is 4. The summed E-state index contributed by atoms with van der Waals surface area (Å²) in [5.74, 6) is -2.17. The summed E-state index contributed by atoms with van der Waals surface area (Å²) in [6.07, 6.45) is -4.88. The normalized spacial score (nSPS) is 14.9. The van der Waals surface area contributed by atoms with E-state index in [1.165, 1.54) is 13.0 Å². The third-order valence-electron chi connectivity index (χ3n) is 5.12. The minimum Gasteiger partial charge on any atom is -0.489 e. The van der Waals surface area contributed by atoms with Crippen LogP contribution in [0, 0.1) is 0 Å². The van der Waals surface area contributed by atoms with Crippen molar-refractivity contribution < 1.29 is 41.9 Å². The fourth-order valence-electron chi connectivity index (χ4n) is 3.23. The molecule has 1 heterocycles. The smallest absolute Gasteiger partial charge is 0.489 e. The molecule has 182 valence electrons. The van der Waals surface area contributed by atoms with Gasteiger partial charge < -0.3 is 35.9 Å². The Morgan fingerprint density at radius 1 is 1.29 bits per heavy atom. The molecule has 1 atom stereocenters. The number of benzene rings is 2. The Bertz CT molecular complexity index is 1100.